The van der Waals surface area contributed by atoms with Crippen molar-refractivity contribution in [2.24, 2.45) is 0 Å². The van der Waals surface area contributed by atoms with E-state index >= 15 is 0 Å². The number of fused-ring (bicyclic) bond motifs is 2. The number of aromatic nitrogens is 1. The van der Waals surface area contributed by atoms with Gasteiger partial charge in [0, 0.05) is 17.0 Å². The van der Waals surface area contributed by atoms with E-state index in [1.807, 2.05) is 36.4 Å². The Labute approximate surface area is 153 Å². The van der Waals surface area contributed by atoms with E-state index in [0.717, 1.165) is 21.5 Å². The third-order valence-corrected chi connectivity index (χ3v) is 4.39. The molecule has 0 spiro atoms. The van der Waals surface area contributed by atoms with Crippen molar-refractivity contribution in [3.8, 4) is 0 Å². The van der Waals surface area contributed by atoms with Gasteiger partial charge >= 0.3 is 12.0 Å². The first-order valence-corrected chi connectivity index (χ1v) is 8.23. The molecule has 0 aliphatic carbocycles. The number of nitrogens with one attached hydrogen (secondary N) is 1. The molecule has 1 amide bonds. The van der Waals surface area contributed by atoms with Crippen LogP contribution in [0.3, 0.4) is 0 Å². The molecule has 1 heterocycles. The molecule has 0 atom stereocenters. The van der Waals surface area contributed by atoms with Crippen molar-refractivity contribution < 1.29 is 14.7 Å². The maximum atomic E-state index is 12.9. The van der Waals surface area contributed by atoms with Gasteiger partial charge in [-0.25, -0.2) is 9.59 Å². The Morgan fingerprint density at radius 1 is 0.852 bits per heavy atom. The van der Waals surface area contributed by atoms with E-state index in [1.165, 1.54) is 6.07 Å². The van der Waals surface area contributed by atoms with Crippen LogP contribution in [0, 0.1) is 0 Å². The summed E-state index contributed by atoms with van der Waals surface area (Å²) >= 11 is 0. The first-order valence-electron chi connectivity index (χ1n) is 8.23. The number of amides is 1. The second-order valence-corrected chi connectivity index (χ2v) is 6.02. The highest BCUT2D eigenvalue weighted by Gasteiger charge is 2.17. The number of anilines is 1. The number of rotatable bonds is 2. The van der Waals surface area contributed by atoms with Crippen molar-refractivity contribution in [2.75, 3.05) is 5.32 Å². The summed E-state index contributed by atoms with van der Waals surface area (Å²) in [6.07, 6.45) is 1.06. The maximum absolute atomic E-state index is 12.9. The number of carbonyl (C=O) groups excluding carboxylic acids is 1. The van der Waals surface area contributed by atoms with Gasteiger partial charge < -0.3 is 10.4 Å². The molecular weight excluding hydrogens is 344 g/mol. The molecule has 1 aromatic heterocycles. The molecule has 0 bridgehead atoms. The predicted octanol–water partition coefficient (Wildman–Crippen LogP) is 3.93. The first kappa shape index (κ1) is 16.5. The van der Waals surface area contributed by atoms with Crippen LogP contribution in [0.1, 0.15) is 10.4 Å². The molecule has 0 radical (unpaired) electrons. The van der Waals surface area contributed by atoms with Crippen LogP contribution in [0.4, 0.5) is 10.5 Å². The molecule has 6 nitrogen and oxygen atoms in total. The van der Waals surface area contributed by atoms with E-state index in [1.54, 1.807) is 24.3 Å². The van der Waals surface area contributed by atoms with Crippen molar-refractivity contribution in [3.63, 3.8) is 0 Å². The van der Waals surface area contributed by atoms with Gasteiger partial charge in [-0.1, -0.05) is 48.5 Å². The highest BCUT2D eigenvalue weighted by molar-refractivity contribution is 6.05. The van der Waals surface area contributed by atoms with Crippen LogP contribution in [-0.4, -0.2) is 21.7 Å². The minimum atomic E-state index is -1.38. The van der Waals surface area contributed by atoms with Crippen LogP contribution in [-0.2, 0) is 0 Å². The van der Waals surface area contributed by atoms with E-state index in [9.17, 15) is 19.5 Å². The van der Waals surface area contributed by atoms with E-state index in [4.69, 9.17) is 0 Å². The minimum Gasteiger partial charge on any atom is -0.477 e. The topological polar surface area (TPSA) is 88.4 Å². The number of hydrogen-bond donors (Lipinski definition) is 2. The summed E-state index contributed by atoms with van der Waals surface area (Å²) in [7, 11) is 0. The highest BCUT2D eigenvalue weighted by atomic mass is 16.4. The predicted molar refractivity (Wildman–Crippen MR) is 104 cm³/mol. The Morgan fingerprint density at radius 2 is 1.52 bits per heavy atom. The van der Waals surface area contributed by atoms with Gasteiger partial charge in [-0.3, -0.25) is 9.36 Å². The molecule has 4 aromatic rings. The molecule has 0 fully saturated rings. The van der Waals surface area contributed by atoms with Crippen molar-refractivity contribution in [3.05, 3.63) is 88.7 Å². The van der Waals surface area contributed by atoms with Crippen LogP contribution >= 0.6 is 0 Å². The SMILES string of the molecule is O=C(O)c1cn(C(=O)Nc2cccc3ccccc23)c2ccccc2c1=O. The fourth-order valence-corrected chi connectivity index (χ4v) is 3.11. The Balaban J connectivity index is 1.87. The lowest BCUT2D eigenvalue weighted by Gasteiger charge is -2.13. The van der Waals surface area contributed by atoms with Gasteiger partial charge in [0.15, 0.2) is 0 Å². The largest absolute Gasteiger partial charge is 0.477 e. The number of nitrogens with zero attached hydrogens (tertiary/aromatic N) is 1. The van der Waals surface area contributed by atoms with Crippen molar-refractivity contribution >= 4 is 39.4 Å². The van der Waals surface area contributed by atoms with Gasteiger partial charge in [-0.2, -0.15) is 0 Å². The molecule has 0 saturated heterocycles. The second kappa shape index (κ2) is 6.42. The normalized spacial score (nSPS) is 10.8. The summed E-state index contributed by atoms with van der Waals surface area (Å²) in [6.45, 7) is 0. The number of carboxylic acids is 1. The zero-order valence-electron chi connectivity index (χ0n) is 14.0. The Bertz CT molecular complexity index is 1270. The molecule has 0 aliphatic heterocycles. The molecule has 0 saturated carbocycles. The summed E-state index contributed by atoms with van der Waals surface area (Å²) < 4.78 is 1.15. The minimum absolute atomic E-state index is 0.172. The number of hydrogen-bond acceptors (Lipinski definition) is 3. The quantitative estimate of drug-likeness (QED) is 0.568. The number of carboxylic acid groups (broad SMARTS) is 1. The molecule has 132 valence electrons. The second-order valence-electron chi connectivity index (χ2n) is 6.02. The molecule has 4 rings (SSSR count). The Kier molecular flexibility index (Phi) is 3.93. The fourth-order valence-electron chi connectivity index (χ4n) is 3.11. The summed E-state index contributed by atoms with van der Waals surface area (Å²) in [6, 6.07) is 19.0. The molecule has 6 heteroatoms. The zero-order chi connectivity index (χ0) is 19.0. The van der Waals surface area contributed by atoms with Gasteiger partial charge in [0.25, 0.3) is 0 Å². The molecule has 3 aromatic carbocycles. The van der Waals surface area contributed by atoms with Crippen molar-refractivity contribution in [1.82, 2.24) is 4.57 Å². The van der Waals surface area contributed by atoms with Gasteiger partial charge in [-0.05, 0) is 23.6 Å². The van der Waals surface area contributed by atoms with Gasteiger partial charge in [-0.15, -0.1) is 0 Å². The number of aromatic carboxylic acids is 1. The maximum Gasteiger partial charge on any atom is 0.341 e. The number of pyridine rings is 1. The van der Waals surface area contributed by atoms with Crippen molar-refractivity contribution in [1.29, 1.82) is 0 Å². The van der Waals surface area contributed by atoms with Crippen molar-refractivity contribution in [2.45, 2.75) is 0 Å². The summed E-state index contributed by atoms with van der Waals surface area (Å²) in [4.78, 5) is 36.7. The van der Waals surface area contributed by atoms with E-state index in [2.05, 4.69) is 5.32 Å². The molecule has 27 heavy (non-hydrogen) atoms. The van der Waals surface area contributed by atoms with E-state index in [0.29, 0.717) is 11.2 Å². The standard InChI is InChI=1S/C21H14N2O4/c24-19-15-9-3-4-11-18(15)23(12-16(19)20(25)26)21(27)22-17-10-5-7-13-6-1-2-8-14(13)17/h1-12H,(H,22,27)(H,25,26). The van der Waals surface area contributed by atoms with Gasteiger partial charge in [0.2, 0.25) is 5.43 Å². The van der Waals surface area contributed by atoms with E-state index in [-0.39, 0.29) is 5.39 Å². The zero-order valence-corrected chi connectivity index (χ0v) is 14.0. The first-order chi connectivity index (χ1) is 13.1. The highest BCUT2D eigenvalue weighted by Crippen LogP contribution is 2.23. The van der Waals surface area contributed by atoms with E-state index < -0.39 is 23.0 Å². The molecule has 0 aliphatic rings. The van der Waals surface area contributed by atoms with Crippen LogP contribution in [0.2, 0.25) is 0 Å². The van der Waals surface area contributed by atoms with Crippen LogP contribution in [0.15, 0.2) is 77.7 Å². The van der Waals surface area contributed by atoms with Crippen LogP contribution in [0.25, 0.3) is 21.7 Å². The lowest BCUT2D eigenvalue weighted by Crippen LogP contribution is -2.25. The lowest BCUT2D eigenvalue weighted by atomic mass is 10.1. The van der Waals surface area contributed by atoms with Gasteiger partial charge in [0.05, 0.1) is 11.2 Å². The summed E-state index contributed by atoms with van der Waals surface area (Å²) in [5.41, 5.74) is -0.142. The average molecular weight is 358 g/mol. The Morgan fingerprint density at radius 3 is 2.30 bits per heavy atom. The molecule has 2 N–H and O–H groups in total. The average Bonchev–Trinajstić information content (AvgIpc) is 2.68. The summed E-state index contributed by atoms with van der Waals surface area (Å²) in [5, 5.41) is 14.1. The molecule has 0 unspecified atom stereocenters. The van der Waals surface area contributed by atoms with Crippen LogP contribution in [0.5, 0.6) is 0 Å². The number of carbonyl (C=O) groups is 2. The van der Waals surface area contributed by atoms with Gasteiger partial charge in [0.1, 0.15) is 5.56 Å². The Hall–Kier alpha value is -3.93. The smallest absolute Gasteiger partial charge is 0.341 e. The number of para-hydroxylation sites is 1. The summed E-state index contributed by atoms with van der Waals surface area (Å²) in [5.74, 6) is -1.38. The monoisotopic (exact) mass is 358 g/mol. The number of benzene rings is 3. The lowest BCUT2D eigenvalue weighted by molar-refractivity contribution is 0.0695. The third kappa shape index (κ3) is 2.83. The fraction of sp³-hybridized carbons (Fsp3) is 0. The van der Waals surface area contributed by atoms with Crippen LogP contribution < -0.4 is 10.7 Å². The third-order valence-electron chi connectivity index (χ3n) is 4.39. The molecular formula is C21H14N2O4.